The molecule has 0 unspecified atom stereocenters. The molecule has 0 saturated carbocycles. The van der Waals surface area contributed by atoms with Crippen LogP contribution in [0.4, 0.5) is 0 Å². The maximum atomic E-state index is 12.1. The standard InChI is InChI=1S/C13H13Cl2NO3S/c14-9-3-1-8(10(15)5-9)2-4-12(17)16-7-20-6-11(16)13(18)19/h1,3,5,11H,2,4,6-7H2,(H,18,19)/t11-/m0/s1. The largest absolute Gasteiger partial charge is 0.480 e. The van der Waals surface area contributed by atoms with E-state index >= 15 is 0 Å². The van der Waals surface area contributed by atoms with Gasteiger partial charge in [-0.3, -0.25) is 4.79 Å². The summed E-state index contributed by atoms with van der Waals surface area (Å²) in [7, 11) is 0. The molecule has 2 rings (SSSR count). The third-order valence-corrected chi connectivity index (χ3v) is 4.71. The lowest BCUT2D eigenvalue weighted by atomic mass is 10.1. The number of amides is 1. The van der Waals surface area contributed by atoms with E-state index in [1.54, 1.807) is 18.2 Å². The number of hydrogen-bond acceptors (Lipinski definition) is 3. The quantitative estimate of drug-likeness (QED) is 0.920. The molecule has 0 bridgehead atoms. The number of carbonyl (C=O) groups excluding carboxylic acids is 1. The van der Waals surface area contributed by atoms with Crippen LogP contribution in [0.3, 0.4) is 0 Å². The molecule has 1 saturated heterocycles. The fourth-order valence-electron chi connectivity index (χ4n) is 2.00. The minimum absolute atomic E-state index is 0.159. The number of benzene rings is 1. The Balaban J connectivity index is 1.96. The Morgan fingerprint density at radius 2 is 2.15 bits per heavy atom. The average Bonchev–Trinajstić information content (AvgIpc) is 2.86. The van der Waals surface area contributed by atoms with Gasteiger partial charge in [-0.05, 0) is 24.1 Å². The number of thioether (sulfide) groups is 1. The summed E-state index contributed by atoms with van der Waals surface area (Å²) in [5.74, 6) is -0.228. The summed E-state index contributed by atoms with van der Waals surface area (Å²) in [5.41, 5.74) is 0.836. The third-order valence-electron chi connectivity index (χ3n) is 3.11. The fourth-order valence-corrected chi connectivity index (χ4v) is 3.68. The van der Waals surface area contributed by atoms with Gasteiger partial charge in [0.15, 0.2) is 0 Å². The number of carbonyl (C=O) groups is 2. The Morgan fingerprint density at radius 1 is 1.40 bits per heavy atom. The van der Waals surface area contributed by atoms with Crippen LogP contribution in [-0.4, -0.2) is 39.6 Å². The number of halogens is 2. The first-order chi connectivity index (χ1) is 9.49. The van der Waals surface area contributed by atoms with E-state index in [1.807, 2.05) is 0 Å². The zero-order valence-electron chi connectivity index (χ0n) is 10.5. The van der Waals surface area contributed by atoms with E-state index in [4.69, 9.17) is 28.3 Å². The van der Waals surface area contributed by atoms with E-state index in [-0.39, 0.29) is 12.3 Å². The second-order valence-corrected chi connectivity index (χ2v) is 6.30. The first kappa shape index (κ1) is 15.5. The van der Waals surface area contributed by atoms with Crippen molar-refractivity contribution in [1.82, 2.24) is 4.90 Å². The summed E-state index contributed by atoms with van der Waals surface area (Å²) in [5, 5.41) is 10.1. The summed E-state index contributed by atoms with van der Waals surface area (Å²) in [6, 6.07) is 4.42. The Kier molecular flexibility index (Phi) is 5.18. The Labute approximate surface area is 131 Å². The topological polar surface area (TPSA) is 57.6 Å². The summed E-state index contributed by atoms with van der Waals surface area (Å²) in [4.78, 5) is 24.5. The monoisotopic (exact) mass is 333 g/mol. The molecule has 1 aliphatic rings. The second-order valence-electron chi connectivity index (χ2n) is 4.45. The summed E-state index contributed by atoms with van der Waals surface area (Å²) < 4.78 is 0. The lowest BCUT2D eigenvalue weighted by Gasteiger charge is -2.20. The molecule has 1 fully saturated rings. The van der Waals surface area contributed by atoms with Crippen LogP contribution in [0.15, 0.2) is 18.2 Å². The van der Waals surface area contributed by atoms with Crippen LogP contribution in [0.1, 0.15) is 12.0 Å². The van der Waals surface area contributed by atoms with Crippen LogP contribution < -0.4 is 0 Å². The first-order valence-electron chi connectivity index (χ1n) is 6.03. The van der Waals surface area contributed by atoms with Crippen molar-refractivity contribution in [2.24, 2.45) is 0 Å². The van der Waals surface area contributed by atoms with Crippen molar-refractivity contribution in [3.8, 4) is 0 Å². The molecule has 1 aromatic rings. The van der Waals surface area contributed by atoms with Crippen molar-refractivity contribution in [3.63, 3.8) is 0 Å². The third kappa shape index (κ3) is 3.59. The van der Waals surface area contributed by atoms with Crippen LogP contribution in [0.2, 0.25) is 10.0 Å². The van der Waals surface area contributed by atoms with E-state index in [1.165, 1.54) is 16.7 Å². The predicted octanol–water partition coefficient (Wildman–Crippen LogP) is 2.91. The van der Waals surface area contributed by atoms with Gasteiger partial charge in [-0.25, -0.2) is 4.79 Å². The Hall–Kier alpha value is -0.910. The normalized spacial score (nSPS) is 18.3. The van der Waals surface area contributed by atoms with Gasteiger partial charge in [0.1, 0.15) is 6.04 Å². The number of carboxylic acids is 1. The molecule has 20 heavy (non-hydrogen) atoms. The summed E-state index contributed by atoms with van der Waals surface area (Å²) in [6.45, 7) is 0. The highest BCUT2D eigenvalue weighted by molar-refractivity contribution is 7.99. The van der Waals surface area contributed by atoms with Crippen LogP contribution in [-0.2, 0) is 16.0 Å². The molecule has 7 heteroatoms. The molecule has 1 N–H and O–H groups in total. The fraction of sp³-hybridized carbons (Fsp3) is 0.385. The van der Waals surface area contributed by atoms with Gasteiger partial charge in [-0.15, -0.1) is 11.8 Å². The molecule has 1 heterocycles. The molecule has 1 aromatic carbocycles. The van der Waals surface area contributed by atoms with Crippen molar-refractivity contribution in [1.29, 1.82) is 0 Å². The maximum Gasteiger partial charge on any atom is 0.327 e. The van der Waals surface area contributed by atoms with Gasteiger partial charge < -0.3 is 10.0 Å². The number of aryl methyl sites for hydroxylation is 1. The van der Waals surface area contributed by atoms with E-state index in [0.29, 0.717) is 28.1 Å². The van der Waals surface area contributed by atoms with E-state index < -0.39 is 12.0 Å². The van der Waals surface area contributed by atoms with Crippen molar-refractivity contribution in [2.75, 3.05) is 11.6 Å². The minimum Gasteiger partial charge on any atom is -0.480 e. The first-order valence-corrected chi connectivity index (χ1v) is 7.94. The van der Waals surface area contributed by atoms with Gasteiger partial charge in [-0.2, -0.15) is 0 Å². The smallest absolute Gasteiger partial charge is 0.327 e. The highest BCUT2D eigenvalue weighted by Gasteiger charge is 2.34. The Morgan fingerprint density at radius 3 is 2.80 bits per heavy atom. The van der Waals surface area contributed by atoms with Crippen molar-refractivity contribution in [2.45, 2.75) is 18.9 Å². The van der Waals surface area contributed by atoms with Crippen LogP contribution in [0, 0.1) is 0 Å². The van der Waals surface area contributed by atoms with E-state index in [0.717, 1.165) is 5.56 Å². The Bertz CT molecular complexity index is 538. The van der Waals surface area contributed by atoms with Gasteiger partial charge in [-0.1, -0.05) is 29.3 Å². The van der Waals surface area contributed by atoms with Crippen molar-refractivity contribution >= 4 is 46.8 Å². The predicted molar refractivity (Wildman–Crippen MR) is 80.4 cm³/mol. The molecule has 108 valence electrons. The number of aliphatic carboxylic acids is 1. The molecule has 0 aliphatic carbocycles. The lowest BCUT2D eigenvalue weighted by molar-refractivity contribution is -0.147. The molecule has 1 aliphatic heterocycles. The molecular weight excluding hydrogens is 321 g/mol. The van der Waals surface area contributed by atoms with E-state index in [2.05, 4.69) is 0 Å². The average molecular weight is 334 g/mol. The van der Waals surface area contributed by atoms with Gasteiger partial charge in [0, 0.05) is 22.2 Å². The highest BCUT2D eigenvalue weighted by Crippen LogP contribution is 2.25. The molecule has 0 spiro atoms. The van der Waals surface area contributed by atoms with Crippen molar-refractivity contribution < 1.29 is 14.7 Å². The SMILES string of the molecule is O=C(O)[C@@H]1CSCN1C(=O)CCc1ccc(Cl)cc1Cl. The van der Waals surface area contributed by atoms with Crippen LogP contribution in [0.5, 0.6) is 0 Å². The molecular formula is C13H13Cl2NO3S. The minimum atomic E-state index is -0.951. The van der Waals surface area contributed by atoms with Gasteiger partial charge in [0.25, 0.3) is 0 Å². The molecule has 0 aromatic heterocycles. The maximum absolute atomic E-state index is 12.1. The van der Waals surface area contributed by atoms with Gasteiger partial charge >= 0.3 is 5.97 Å². The van der Waals surface area contributed by atoms with Gasteiger partial charge in [0.2, 0.25) is 5.91 Å². The highest BCUT2D eigenvalue weighted by atomic mass is 35.5. The summed E-state index contributed by atoms with van der Waals surface area (Å²) in [6.07, 6.45) is 0.716. The number of nitrogens with zero attached hydrogens (tertiary/aromatic N) is 1. The molecule has 4 nitrogen and oxygen atoms in total. The molecule has 1 atom stereocenters. The molecule has 0 radical (unpaired) electrons. The number of carboxylic acid groups (broad SMARTS) is 1. The number of hydrogen-bond donors (Lipinski definition) is 1. The number of rotatable bonds is 4. The van der Waals surface area contributed by atoms with Gasteiger partial charge in [0.05, 0.1) is 5.88 Å². The van der Waals surface area contributed by atoms with E-state index in [9.17, 15) is 9.59 Å². The zero-order chi connectivity index (χ0) is 14.7. The zero-order valence-corrected chi connectivity index (χ0v) is 12.8. The molecule has 1 amide bonds. The van der Waals surface area contributed by atoms with Crippen LogP contribution >= 0.6 is 35.0 Å². The second kappa shape index (κ2) is 6.70. The lowest BCUT2D eigenvalue weighted by Crippen LogP contribution is -2.41. The van der Waals surface area contributed by atoms with Crippen LogP contribution in [0.25, 0.3) is 0 Å². The summed E-state index contributed by atoms with van der Waals surface area (Å²) >= 11 is 13.3. The van der Waals surface area contributed by atoms with Crippen molar-refractivity contribution in [3.05, 3.63) is 33.8 Å².